The number of carbonyl (C=O) groups excluding carboxylic acids is 1. The first-order chi connectivity index (χ1) is 10.1. The van der Waals surface area contributed by atoms with Crippen LogP contribution in [0.15, 0.2) is 0 Å². The van der Waals surface area contributed by atoms with E-state index in [1.165, 1.54) is 6.42 Å². The molecule has 118 valence electrons. The van der Waals surface area contributed by atoms with Crippen LogP contribution in [0, 0.1) is 11.8 Å². The number of carbonyl (C=O) groups is 2. The van der Waals surface area contributed by atoms with Gasteiger partial charge in [-0.2, -0.15) is 0 Å². The van der Waals surface area contributed by atoms with Crippen LogP contribution in [-0.2, 0) is 9.59 Å². The summed E-state index contributed by atoms with van der Waals surface area (Å²) in [5.41, 5.74) is 5.91. The number of fused-ring (bicyclic) bond motifs is 1. The van der Waals surface area contributed by atoms with Gasteiger partial charge in [0.2, 0.25) is 5.91 Å². The Kier molecular flexibility index (Phi) is 4.20. The normalized spacial score (nSPS) is 39.9. The van der Waals surface area contributed by atoms with E-state index in [2.05, 4.69) is 0 Å². The number of hydrogen-bond acceptors (Lipinski definition) is 3. The van der Waals surface area contributed by atoms with Crippen molar-refractivity contribution in [3.8, 4) is 0 Å². The molecule has 21 heavy (non-hydrogen) atoms. The van der Waals surface area contributed by atoms with Gasteiger partial charge in [0, 0.05) is 18.0 Å². The van der Waals surface area contributed by atoms with E-state index in [9.17, 15) is 14.7 Å². The maximum absolute atomic E-state index is 12.9. The number of likely N-dealkylation sites (tertiary alicyclic amines) is 1. The Bertz CT molecular complexity index is 418. The first kappa shape index (κ1) is 14.8. The van der Waals surface area contributed by atoms with Gasteiger partial charge in [-0.3, -0.25) is 4.79 Å². The second-order valence-electron chi connectivity index (χ2n) is 7.06. The van der Waals surface area contributed by atoms with Crippen molar-refractivity contribution in [2.24, 2.45) is 17.6 Å². The fourth-order valence-corrected chi connectivity index (χ4v) is 4.57. The number of aliphatic carboxylic acids is 1. The first-order valence-electron chi connectivity index (χ1n) is 8.38. The zero-order chi connectivity index (χ0) is 15.0. The highest BCUT2D eigenvalue weighted by Crippen LogP contribution is 2.41. The summed E-state index contributed by atoms with van der Waals surface area (Å²) in [7, 11) is 0. The lowest BCUT2D eigenvalue weighted by molar-refractivity contribution is -0.152. The maximum atomic E-state index is 12.9. The third-order valence-electron chi connectivity index (χ3n) is 5.75. The van der Waals surface area contributed by atoms with Crippen LogP contribution in [0.5, 0.6) is 0 Å². The molecule has 3 rings (SSSR count). The minimum atomic E-state index is -0.828. The number of carboxylic acid groups (broad SMARTS) is 1. The van der Waals surface area contributed by atoms with Crippen molar-refractivity contribution in [2.45, 2.75) is 75.9 Å². The molecule has 1 saturated heterocycles. The van der Waals surface area contributed by atoms with Crippen molar-refractivity contribution < 1.29 is 14.7 Å². The molecular formula is C16H26N2O3. The summed E-state index contributed by atoms with van der Waals surface area (Å²) >= 11 is 0. The zero-order valence-corrected chi connectivity index (χ0v) is 12.5. The summed E-state index contributed by atoms with van der Waals surface area (Å²) in [6, 6.07) is -0.213. The molecule has 3 atom stereocenters. The smallest absolute Gasteiger partial charge is 0.326 e. The fraction of sp³-hybridized carbons (Fsp3) is 0.875. The van der Waals surface area contributed by atoms with Crippen LogP contribution in [0.2, 0.25) is 0 Å². The molecule has 5 heteroatoms. The average Bonchev–Trinajstić information content (AvgIpc) is 2.87. The van der Waals surface area contributed by atoms with Crippen LogP contribution >= 0.6 is 0 Å². The van der Waals surface area contributed by atoms with Gasteiger partial charge < -0.3 is 15.7 Å². The lowest BCUT2D eigenvalue weighted by Crippen LogP contribution is -2.49. The van der Waals surface area contributed by atoms with E-state index in [0.717, 1.165) is 44.9 Å². The summed E-state index contributed by atoms with van der Waals surface area (Å²) in [4.78, 5) is 26.2. The van der Waals surface area contributed by atoms with Gasteiger partial charge in [-0.1, -0.05) is 12.8 Å². The van der Waals surface area contributed by atoms with Gasteiger partial charge in [-0.15, -0.1) is 0 Å². The second kappa shape index (κ2) is 5.95. The van der Waals surface area contributed by atoms with Crippen LogP contribution < -0.4 is 5.73 Å². The Labute approximate surface area is 125 Å². The molecular weight excluding hydrogens is 268 g/mol. The molecule has 3 aliphatic rings. The molecule has 0 radical (unpaired) electrons. The van der Waals surface area contributed by atoms with Crippen molar-refractivity contribution in [2.75, 3.05) is 0 Å². The molecule has 0 aromatic rings. The standard InChI is InChI=1S/C16H26N2O3/c17-12-7-5-10(6-8-12)15(19)18-13-4-2-1-3-11(13)9-14(18)16(20)21/h10-14H,1-9,17H2,(H,20,21). The fourth-order valence-electron chi connectivity index (χ4n) is 4.57. The van der Waals surface area contributed by atoms with Crippen LogP contribution in [0.3, 0.4) is 0 Å². The van der Waals surface area contributed by atoms with Crippen molar-refractivity contribution >= 4 is 11.9 Å². The number of nitrogens with two attached hydrogens (primary N) is 1. The van der Waals surface area contributed by atoms with E-state index in [4.69, 9.17) is 5.73 Å². The van der Waals surface area contributed by atoms with E-state index >= 15 is 0 Å². The maximum Gasteiger partial charge on any atom is 0.326 e. The van der Waals surface area contributed by atoms with Crippen LogP contribution in [0.4, 0.5) is 0 Å². The SMILES string of the molecule is NC1CCC(C(=O)N2C(C(=O)O)CC3CCCCC32)CC1. The highest BCUT2D eigenvalue weighted by Gasteiger charge is 2.48. The molecule has 2 aliphatic carbocycles. The molecule has 3 fully saturated rings. The summed E-state index contributed by atoms with van der Waals surface area (Å²) in [5.74, 6) is -0.351. The number of amides is 1. The van der Waals surface area contributed by atoms with Crippen molar-refractivity contribution in [3.05, 3.63) is 0 Å². The van der Waals surface area contributed by atoms with Gasteiger partial charge in [0.25, 0.3) is 0 Å². The van der Waals surface area contributed by atoms with Crippen LogP contribution in [0.1, 0.15) is 57.8 Å². The van der Waals surface area contributed by atoms with E-state index < -0.39 is 12.0 Å². The Morgan fingerprint density at radius 3 is 2.33 bits per heavy atom. The predicted octanol–water partition coefficient (Wildman–Crippen LogP) is 1.75. The molecule has 1 heterocycles. The highest BCUT2D eigenvalue weighted by atomic mass is 16.4. The number of carboxylic acids is 1. The molecule has 2 saturated carbocycles. The molecule has 5 nitrogen and oxygen atoms in total. The quantitative estimate of drug-likeness (QED) is 0.812. The molecule has 0 aromatic carbocycles. The lowest BCUT2D eigenvalue weighted by atomic mass is 9.83. The predicted molar refractivity (Wildman–Crippen MR) is 78.6 cm³/mol. The summed E-state index contributed by atoms with van der Waals surface area (Å²) < 4.78 is 0. The minimum Gasteiger partial charge on any atom is -0.480 e. The minimum absolute atomic E-state index is 0.00711. The molecule has 1 aliphatic heterocycles. The van der Waals surface area contributed by atoms with Gasteiger partial charge in [-0.25, -0.2) is 4.79 Å². The van der Waals surface area contributed by atoms with Crippen LogP contribution in [0.25, 0.3) is 0 Å². The van der Waals surface area contributed by atoms with Gasteiger partial charge in [0.1, 0.15) is 6.04 Å². The van der Waals surface area contributed by atoms with E-state index in [1.807, 2.05) is 0 Å². The molecule has 1 amide bonds. The zero-order valence-electron chi connectivity index (χ0n) is 12.5. The van der Waals surface area contributed by atoms with E-state index in [1.54, 1.807) is 4.90 Å². The number of rotatable bonds is 2. The summed E-state index contributed by atoms with van der Waals surface area (Å²) in [5, 5.41) is 9.51. The molecule has 3 unspecified atom stereocenters. The molecule has 0 aromatic heterocycles. The Morgan fingerprint density at radius 1 is 1.00 bits per heavy atom. The Balaban J connectivity index is 1.76. The summed E-state index contributed by atoms with van der Waals surface area (Å²) in [6.07, 6.45) is 8.41. The largest absolute Gasteiger partial charge is 0.480 e. The second-order valence-corrected chi connectivity index (χ2v) is 7.06. The van der Waals surface area contributed by atoms with Gasteiger partial charge >= 0.3 is 5.97 Å². The topological polar surface area (TPSA) is 83.6 Å². The molecule has 3 N–H and O–H groups in total. The third-order valence-corrected chi connectivity index (χ3v) is 5.75. The van der Waals surface area contributed by atoms with Gasteiger partial charge in [-0.05, 0) is 50.9 Å². The van der Waals surface area contributed by atoms with Crippen molar-refractivity contribution in [3.63, 3.8) is 0 Å². The summed E-state index contributed by atoms with van der Waals surface area (Å²) in [6.45, 7) is 0. The number of nitrogens with zero attached hydrogens (tertiary/aromatic N) is 1. The lowest BCUT2D eigenvalue weighted by Gasteiger charge is -2.36. The van der Waals surface area contributed by atoms with Gasteiger partial charge in [0.15, 0.2) is 0 Å². The number of hydrogen-bond donors (Lipinski definition) is 2. The Hall–Kier alpha value is -1.10. The van der Waals surface area contributed by atoms with Crippen molar-refractivity contribution in [1.82, 2.24) is 4.90 Å². The highest BCUT2D eigenvalue weighted by molar-refractivity contribution is 5.86. The van der Waals surface area contributed by atoms with E-state index in [0.29, 0.717) is 12.3 Å². The molecule has 0 bridgehead atoms. The van der Waals surface area contributed by atoms with Crippen molar-refractivity contribution in [1.29, 1.82) is 0 Å². The Morgan fingerprint density at radius 2 is 1.67 bits per heavy atom. The van der Waals surface area contributed by atoms with E-state index in [-0.39, 0.29) is 23.9 Å². The van der Waals surface area contributed by atoms with Gasteiger partial charge in [0.05, 0.1) is 0 Å². The average molecular weight is 294 g/mol. The first-order valence-corrected chi connectivity index (χ1v) is 8.38. The third kappa shape index (κ3) is 2.80. The molecule has 0 spiro atoms. The van der Waals surface area contributed by atoms with Crippen LogP contribution in [-0.4, -0.2) is 40.0 Å². The monoisotopic (exact) mass is 294 g/mol.